The van der Waals surface area contributed by atoms with Crippen LogP contribution in [0.15, 0.2) is 24.3 Å². The number of nitrogens with two attached hydrogens (primary N) is 1. The molecule has 1 saturated heterocycles. The van der Waals surface area contributed by atoms with Crippen molar-refractivity contribution in [1.29, 1.82) is 0 Å². The fourth-order valence-electron chi connectivity index (χ4n) is 2.91. The van der Waals surface area contributed by atoms with Crippen LogP contribution in [0.25, 0.3) is 0 Å². The van der Waals surface area contributed by atoms with Crippen molar-refractivity contribution < 1.29 is 14.3 Å². The van der Waals surface area contributed by atoms with E-state index in [0.29, 0.717) is 19.7 Å². The molecule has 0 bridgehead atoms. The zero-order valence-corrected chi connectivity index (χ0v) is 15.4. The number of nitrogens with zero attached hydrogens (tertiary/aromatic N) is 1. The topological polar surface area (TPSA) is 84.7 Å². The van der Waals surface area contributed by atoms with Crippen molar-refractivity contribution in [2.24, 2.45) is 17.1 Å². The molecule has 0 aliphatic carbocycles. The highest BCUT2D eigenvalue weighted by molar-refractivity contribution is 5.93. The summed E-state index contributed by atoms with van der Waals surface area (Å²) in [6.45, 7) is 7.87. The molecule has 6 nitrogen and oxygen atoms in total. The van der Waals surface area contributed by atoms with Crippen LogP contribution in [-0.2, 0) is 9.59 Å². The maximum Gasteiger partial charge on any atom is 0.229 e. The average molecular weight is 347 g/mol. The fraction of sp³-hybridized carbons (Fsp3) is 0.579. The summed E-state index contributed by atoms with van der Waals surface area (Å²) >= 11 is 0. The van der Waals surface area contributed by atoms with E-state index in [4.69, 9.17) is 10.5 Å². The lowest BCUT2D eigenvalue weighted by atomic mass is 9.91. The van der Waals surface area contributed by atoms with Gasteiger partial charge in [0.2, 0.25) is 11.8 Å². The van der Waals surface area contributed by atoms with Gasteiger partial charge in [-0.2, -0.15) is 0 Å². The van der Waals surface area contributed by atoms with Crippen molar-refractivity contribution in [1.82, 2.24) is 4.90 Å². The molecule has 1 unspecified atom stereocenters. The van der Waals surface area contributed by atoms with Gasteiger partial charge < -0.3 is 20.7 Å². The summed E-state index contributed by atoms with van der Waals surface area (Å²) in [5, 5.41) is 2.94. The number of rotatable bonds is 5. The summed E-state index contributed by atoms with van der Waals surface area (Å²) in [5.74, 6) is 0.615. The third-order valence-corrected chi connectivity index (χ3v) is 4.23. The van der Waals surface area contributed by atoms with E-state index in [-0.39, 0.29) is 17.7 Å². The number of carbonyl (C=O) groups is 2. The zero-order chi connectivity index (χ0) is 18.4. The van der Waals surface area contributed by atoms with Crippen LogP contribution >= 0.6 is 0 Å². The molecule has 1 aromatic carbocycles. The highest BCUT2D eigenvalue weighted by Crippen LogP contribution is 2.24. The van der Waals surface area contributed by atoms with Gasteiger partial charge in [0, 0.05) is 30.7 Å². The second-order valence-electron chi connectivity index (χ2n) is 7.49. The molecule has 3 N–H and O–H groups in total. The second kappa shape index (κ2) is 8.34. The minimum atomic E-state index is -0.419. The lowest BCUT2D eigenvalue weighted by Gasteiger charge is -2.35. The molecular formula is C19H29N3O3. The van der Waals surface area contributed by atoms with Gasteiger partial charge in [0.1, 0.15) is 12.4 Å². The molecule has 1 fully saturated rings. The molecule has 1 atom stereocenters. The standard InChI is InChI=1S/C19H29N3O3/c1-19(2,3)18(24)22-11-4-5-14(13-22)17(23)21-15-6-8-16(9-7-15)25-12-10-20/h6-9,14H,4-5,10-13,20H2,1-3H3,(H,21,23). The second-order valence-corrected chi connectivity index (χ2v) is 7.49. The van der Waals surface area contributed by atoms with Crippen LogP contribution in [-0.4, -0.2) is 43.0 Å². The Kier molecular flexibility index (Phi) is 6.42. The number of nitrogens with one attached hydrogen (secondary N) is 1. The van der Waals surface area contributed by atoms with Crippen LogP contribution in [0, 0.1) is 11.3 Å². The monoisotopic (exact) mass is 347 g/mol. The highest BCUT2D eigenvalue weighted by Gasteiger charge is 2.33. The van der Waals surface area contributed by atoms with Crippen LogP contribution in [0.5, 0.6) is 5.75 Å². The van der Waals surface area contributed by atoms with E-state index in [1.165, 1.54) is 0 Å². The Morgan fingerprint density at radius 1 is 1.28 bits per heavy atom. The first-order valence-corrected chi connectivity index (χ1v) is 8.84. The van der Waals surface area contributed by atoms with Crippen LogP contribution < -0.4 is 15.8 Å². The zero-order valence-electron chi connectivity index (χ0n) is 15.4. The van der Waals surface area contributed by atoms with Gasteiger partial charge in [-0.05, 0) is 37.1 Å². The molecule has 25 heavy (non-hydrogen) atoms. The SMILES string of the molecule is CC(C)(C)C(=O)N1CCCC(C(=O)Nc2ccc(OCCN)cc2)C1. The number of likely N-dealkylation sites (tertiary alicyclic amines) is 1. The maximum absolute atomic E-state index is 12.5. The van der Waals surface area contributed by atoms with E-state index in [0.717, 1.165) is 30.8 Å². The first kappa shape index (κ1) is 19.2. The molecule has 1 heterocycles. The molecule has 1 aromatic rings. The Balaban J connectivity index is 1.92. The highest BCUT2D eigenvalue weighted by atomic mass is 16.5. The quantitative estimate of drug-likeness (QED) is 0.855. The number of carbonyl (C=O) groups excluding carboxylic acids is 2. The number of ether oxygens (including phenoxy) is 1. The van der Waals surface area contributed by atoms with Gasteiger partial charge in [0.05, 0.1) is 5.92 Å². The van der Waals surface area contributed by atoms with Crippen molar-refractivity contribution >= 4 is 17.5 Å². The van der Waals surface area contributed by atoms with Crippen molar-refractivity contribution in [3.63, 3.8) is 0 Å². The molecular weight excluding hydrogens is 318 g/mol. The Morgan fingerprint density at radius 3 is 2.56 bits per heavy atom. The van der Waals surface area contributed by atoms with Gasteiger partial charge in [-0.15, -0.1) is 0 Å². The van der Waals surface area contributed by atoms with Crippen LogP contribution in [0.1, 0.15) is 33.6 Å². The summed E-state index contributed by atoms with van der Waals surface area (Å²) in [4.78, 5) is 26.8. The first-order chi connectivity index (χ1) is 11.8. The number of anilines is 1. The van der Waals surface area contributed by atoms with Crippen LogP contribution in [0.3, 0.4) is 0 Å². The molecule has 2 rings (SSSR count). The molecule has 0 saturated carbocycles. The molecule has 0 spiro atoms. The predicted molar refractivity (Wildman–Crippen MR) is 98.4 cm³/mol. The summed E-state index contributed by atoms with van der Waals surface area (Å²) in [5.41, 5.74) is 5.71. The maximum atomic E-state index is 12.5. The summed E-state index contributed by atoms with van der Waals surface area (Å²) < 4.78 is 5.42. The molecule has 6 heteroatoms. The predicted octanol–water partition coefficient (Wildman–Crippen LogP) is 2.25. The van der Waals surface area contributed by atoms with Gasteiger partial charge in [-0.1, -0.05) is 20.8 Å². The Labute approximate surface area is 149 Å². The van der Waals surface area contributed by atoms with Crippen LogP contribution in [0.4, 0.5) is 5.69 Å². The fourth-order valence-corrected chi connectivity index (χ4v) is 2.91. The largest absolute Gasteiger partial charge is 0.492 e. The van der Waals surface area contributed by atoms with Crippen molar-refractivity contribution in [3.05, 3.63) is 24.3 Å². The summed E-state index contributed by atoms with van der Waals surface area (Å²) in [6.07, 6.45) is 1.66. The summed E-state index contributed by atoms with van der Waals surface area (Å²) in [7, 11) is 0. The van der Waals surface area contributed by atoms with Crippen molar-refractivity contribution in [3.8, 4) is 5.75 Å². The number of benzene rings is 1. The van der Waals surface area contributed by atoms with E-state index >= 15 is 0 Å². The van der Waals surface area contributed by atoms with E-state index < -0.39 is 5.41 Å². The van der Waals surface area contributed by atoms with Gasteiger partial charge >= 0.3 is 0 Å². The van der Waals surface area contributed by atoms with Gasteiger partial charge in [0.15, 0.2) is 0 Å². The third-order valence-electron chi connectivity index (χ3n) is 4.23. The van der Waals surface area contributed by atoms with Crippen molar-refractivity contribution in [2.45, 2.75) is 33.6 Å². The number of hydrogen-bond acceptors (Lipinski definition) is 4. The minimum absolute atomic E-state index is 0.0398. The number of hydrogen-bond donors (Lipinski definition) is 2. The lowest BCUT2D eigenvalue weighted by Crippen LogP contribution is -2.47. The molecule has 0 radical (unpaired) electrons. The van der Waals surface area contributed by atoms with Gasteiger partial charge in [0.25, 0.3) is 0 Å². The first-order valence-electron chi connectivity index (χ1n) is 8.84. The Bertz CT molecular complexity index is 593. The van der Waals surface area contributed by atoms with E-state index in [2.05, 4.69) is 5.32 Å². The van der Waals surface area contributed by atoms with Gasteiger partial charge in [-0.3, -0.25) is 9.59 Å². The Morgan fingerprint density at radius 2 is 1.96 bits per heavy atom. The normalized spacial score (nSPS) is 17.9. The van der Waals surface area contributed by atoms with Crippen molar-refractivity contribution in [2.75, 3.05) is 31.6 Å². The molecule has 0 aromatic heterocycles. The molecule has 2 amide bonds. The number of amides is 2. The van der Waals surface area contributed by atoms with E-state index in [1.807, 2.05) is 49.9 Å². The third kappa shape index (κ3) is 5.46. The van der Waals surface area contributed by atoms with Crippen LogP contribution in [0.2, 0.25) is 0 Å². The summed E-state index contributed by atoms with van der Waals surface area (Å²) in [6, 6.07) is 7.23. The van der Waals surface area contributed by atoms with E-state index in [9.17, 15) is 9.59 Å². The molecule has 1 aliphatic rings. The molecule has 1 aliphatic heterocycles. The molecule has 138 valence electrons. The smallest absolute Gasteiger partial charge is 0.229 e. The van der Waals surface area contributed by atoms with Gasteiger partial charge in [-0.25, -0.2) is 0 Å². The minimum Gasteiger partial charge on any atom is -0.492 e. The average Bonchev–Trinajstić information content (AvgIpc) is 2.59. The lowest BCUT2D eigenvalue weighted by molar-refractivity contribution is -0.142. The Hall–Kier alpha value is -2.08. The number of piperidine rings is 1. The van der Waals surface area contributed by atoms with E-state index in [1.54, 1.807) is 0 Å².